The van der Waals surface area contributed by atoms with Crippen LogP contribution in [0.1, 0.15) is 89.1 Å². The number of carbonyl (C=O) groups is 1. The Kier molecular flexibility index (Phi) is 15.1. The molecule has 2 rings (SSSR count). The second-order valence-corrected chi connectivity index (χ2v) is 12.3. The third kappa shape index (κ3) is 10.6. The van der Waals surface area contributed by atoms with Crippen molar-refractivity contribution in [2.24, 2.45) is 22.2 Å². The number of carbonyl (C=O) groups excluding carboxylic acids is 1. The maximum absolute atomic E-state index is 14.2. The number of benzene rings is 2. The van der Waals surface area contributed by atoms with E-state index in [0.29, 0.717) is 11.3 Å². The predicted molar refractivity (Wildman–Crippen MR) is 174 cm³/mol. The Morgan fingerprint density at radius 1 is 1.07 bits per heavy atom. The van der Waals surface area contributed by atoms with E-state index in [4.69, 9.17) is 16.3 Å². The number of halogens is 5. The monoisotopic (exact) mass is 656 g/mol. The van der Waals surface area contributed by atoms with E-state index < -0.39 is 30.0 Å². The summed E-state index contributed by atoms with van der Waals surface area (Å²) in [4.78, 5) is 18.1. The standard InChI is InChI=1S/C34H49ClF4N4O2/c1-8-13-24(14-9-2)33(5,10-3)22(4)28(20-30(40-6)34(37,38)39)42-32(41-21-23-17-18-25(36)19-27(23)35)43-31(44)26-15-11-12-16-29(26)45-7/h11-12,15-19,22,24,28,30,40H,8-10,13-14,20-21H2,1-7H3,(H2,41,42,43,44). The SMILES string of the molecule is CCCC(CCC)C(C)(CC)C(C)C(CC(NC)C(F)(F)F)NC(=NCc1ccc(F)cc1Cl)NC(=O)c1ccccc1OC. The van der Waals surface area contributed by atoms with E-state index in [1.165, 1.54) is 26.3 Å². The molecule has 45 heavy (non-hydrogen) atoms. The van der Waals surface area contributed by atoms with Crippen molar-refractivity contribution >= 4 is 23.5 Å². The minimum atomic E-state index is -4.50. The Bertz CT molecular complexity index is 1250. The summed E-state index contributed by atoms with van der Waals surface area (Å²) in [6, 6.07) is 7.97. The molecule has 0 spiro atoms. The smallest absolute Gasteiger partial charge is 0.403 e. The largest absolute Gasteiger partial charge is 0.496 e. The van der Waals surface area contributed by atoms with Crippen LogP contribution in [0, 0.1) is 23.1 Å². The summed E-state index contributed by atoms with van der Waals surface area (Å²) in [6.07, 6.45) is -0.194. The van der Waals surface area contributed by atoms with Gasteiger partial charge in [0.1, 0.15) is 17.6 Å². The molecular weight excluding hydrogens is 608 g/mol. The summed E-state index contributed by atoms with van der Waals surface area (Å²) in [7, 11) is 2.74. The molecule has 6 nitrogen and oxygen atoms in total. The highest BCUT2D eigenvalue weighted by molar-refractivity contribution is 6.31. The highest BCUT2D eigenvalue weighted by Crippen LogP contribution is 2.46. The number of ether oxygens (including phenoxy) is 1. The van der Waals surface area contributed by atoms with Crippen molar-refractivity contribution in [2.75, 3.05) is 14.2 Å². The molecule has 1 amide bonds. The highest BCUT2D eigenvalue weighted by atomic mass is 35.5. The number of hydrogen-bond donors (Lipinski definition) is 3. The third-order valence-corrected chi connectivity index (χ3v) is 9.53. The number of nitrogens with one attached hydrogen (secondary N) is 3. The second kappa shape index (κ2) is 17.7. The van der Waals surface area contributed by atoms with Crippen LogP contribution in [0.5, 0.6) is 5.75 Å². The van der Waals surface area contributed by atoms with Crippen LogP contribution in [0.3, 0.4) is 0 Å². The fourth-order valence-electron chi connectivity index (χ4n) is 6.12. The molecule has 0 aliphatic rings. The van der Waals surface area contributed by atoms with Crippen LogP contribution in [0.25, 0.3) is 0 Å². The van der Waals surface area contributed by atoms with Gasteiger partial charge in [0.25, 0.3) is 5.91 Å². The predicted octanol–water partition coefficient (Wildman–Crippen LogP) is 8.54. The molecule has 0 aliphatic carbocycles. The van der Waals surface area contributed by atoms with Crippen molar-refractivity contribution in [3.63, 3.8) is 0 Å². The van der Waals surface area contributed by atoms with Crippen LogP contribution in [-0.2, 0) is 6.54 Å². The molecule has 0 bridgehead atoms. The van der Waals surface area contributed by atoms with Crippen molar-refractivity contribution < 1.29 is 27.1 Å². The van der Waals surface area contributed by atoms with Gasteiger partial charge in [-0.25, -0.2) is 9.38 Å². The number of hydrogen-bond acceptors (Lipinski definition) is 4. The first kappa shape index (κ1) is 38.3. The molecule has 252 valence electrons. The van der Waals surface area contributed by atoms with E-state index in [1.807, 2.05) is 6.92 Å². The maximum atomic E-state index is 14.2. The van der Waals surface area contributed by atoms with Crippen molar-refractivity contribution in [3.8, 4) is 5.75 Å². The lowest BCUT2D eigenvalue weighted by Gasteiger charge is -2.46. The Morgan fingerprint density at radius 3 is 2.24 bits per heavy atom. The molecule has 4 atom stereocenters. The van der Waals surface area contributed by atoms with Gasteiger partial charge in [0.15, 0.2) is 5.96 Å². The third-order valence-electron chi connectivity index (χ3n) is 9.17. The summed E-state index contributed by atoms with van der Waals surface area (Å²) >= 11 is 6.25. The summed E-state index contributed by atoms with van der Waals surface area (Å²) < 4.78 is 61.6. The summed E-state index contributed by atoms with van der Waals surface area (Å²) in [5.74, 6) is -0.717. The summed E-state index contributed by atoms with van der Waals surface area (Å²) in [5.41, 5.74) is 0.402. The molecule has 0 heterocycles. The van der Waals surface area contributed by atoms with Gasteiger partial charge in [-0.2, -0.15) is 13.2 Å². The quantitative estimate of drug-likeness (QED) is 0.0962. The first-order valence-electron chi connectivity index (χ1n) is 15.7. The zero-order valence-corrected chi connectivity index (χ0v) is 28.2. The molecule has 0 saturated heterocycles. The Balaban J connectivity index is 2.63. The van der Waals surface area contributed by atoms with Gasteiger partial charge < -0.3 is 15.4 Å². The van der Waals surface area contributed by atoms with E-state index in [2.05, 4.69) is 48.6 Å². The number of methoxy groups -OCH3 is 1. The summed E-state index contributed by atoms with van der Waals surface area (Å²) in [5, 5.41) is 8.59. The van der Waals surface area contributed by atoms with Gasteiger partial charge in [-0.3, -0.25) is 10.1 Å². The second-order valence-electron chi connectivity index (χ2n) is 11.8. The van der Waals surface area contributed by atoms with E-state index in [1.54, 1.807) is 24.3 Å². The van der Waals surface area contributed by atoms with E-state index >= 15 is 0 Å². The number of nitrogens with zero attached hydrogens (tertiary/aromatic N) is 1. The molecule has 0 radical (unpaired) electrons. The average molecular weight is 657 g/mol. The minimum absolute atomic E-state index is 0.0128. The van der Waals surface area contributed by atoms with Gasteiger partial charge >= 0.3 is 6.18 Å². The van der Waals surface area contributed by atoms with Gasteiger partial charge in [-0.1, -0.05) is 96.5 Å². The van der Waals surface area contributed by atoms with Crippen molar-refractivity contribution in [3.05, 3.63) is 64.4 Å². The fraction of sp³-hybridized carbons (Fsp3) is 0.588. The number of para-hydroxylation sites is 1. The lowest BCUT2D eigenvalue weighted by Crippen LogP contribution is -2.55. The normalized spacial score (nSPS) is 15.7. The zero-order valence-electron chi connectivity index (χ0n) is 27.5. The lowest BCUT2D eigenvalue weighted by atomic mass is 9.61. The number of rotatable bonds is 16. The molecule has 2 aromatic carbocycles. The molecular formula is C34H49ClF4N4O2. The number of amides is 1. The van der Waals surface area contributed by atoms with Gasteiger partial charge in [0.05, 0.1) is 19.2 Å². The number of alkyl halides is 3. The lowest BCUT2D eigenvalue weighted by molar-refractivity contribution is -0.158. The van der Waals surface area contributed by atoms with Crippen LogP contribution < -0.4 is 20.7 Å². The Morgan fingerprint density at radius 2 is 1.71 bits per heavy atom. The van der Waals surface area contributed by atoms with Gasteiger partial charge in [-0.05, 0) is 60.5 Å². The first-order chi connectivity index (χ1) is 21.2. The fourth-order valence-corrected chi connectivity index (χ4v) is 6.34. The van der Waals surface area contributed by atoms with Crippen molar-refractivity contribution in [1.82, 2.24) is 16.0 Å². The van der Waals surface area contributed by atoms with Crippen LogP contribution in [0.2, 0.25) is 5.02 Å². The average Bonchev–Trinajstić information content (AvgIpc) is 3.00. The zero-order chi connectivity index (χ0) is 33.8. The van der Waals surface area contributed by atoms with Gasteiger partial charge in [0, 0.05) is 11.1 Å². The molecule has 3 N–H and O–H groups in total. The van der Waals surface area contributed by atoms with Crippen LogP contribution >= 0.6 is 11.6 Å². The molecule has 2 aromatic rings. The molecule has 0 aromatic heterocycles. The molecule has 4 unspecified atom stereocenters. The highest BCUT2D eigenvalue weighted by Gasteiger charge is 2.45. The van der Waals surface area contributed by atoms with Gasteiger partial charge in [-0.15, -0.1) is 0 Å². The van der Waals surface area contributed by atoms with Crippen LogP contribution in [0.15, 0.2) is 47.5 Å². The van der Waals surface area contributed by atoms with Gasteiger partial charge in [0.2, 0.25) is 0 Å². The minimum Gasteiger partial charge on any atom is -0.496 e. The molecule has 0 fully saturated rings. The topological polar surface area (TPSA) is 74.8 Å². The Labute approximate surface area is 270 Å². The number of guanidine groups is 1. The Hall–Kier alpha value is -2.85. The van der Waals surface area contributed by atoms with Crippen molar-refractivity contribution in [2.45, 2.75) is 97.9 Å². The van der Waals surface area contributed by atoms with E-state index in [0.717, 1.165) is 38.2 Å². The molecule has 11 heteroatoms. The van der Waals surface area contributed by atoms with E-state index in [9.17, 15) is 22.4 Å². The maximum Gasteiger partial charge on any atom is 0.403 e. The molecule has 0 aliphatic heterocycles. The van der Waals surface area contributed by atoms with E-state index in [-0.39, 0.29) is 46.8 Å². The van der Waals surface area contributed by atoms with Crippen LogP contribution in [-0.4, -0.2) is 44.3 Å². The summed E-state index contributed by atoms with van der Waals surface area (Å²) in [6.45, 7) is 10.4. The first-order valence-corrected chi connectivity index (χ1v) is 16.1. The van der Waals surface area contributed by atoms with Crippen LogP contribution in [0.4, 0.5) is 17.6 Å². The number of aliphatic imine (C=N–C) groups is 1. The van der Waals surface area contributed by atoms with Crippen molar-refractivity contribution in [1.29, 1.82) is 0 Å². The molecule has 0 saturated carbocycles.